The van der Waals surface area contributed by atoms with Gasteiger partial charge in [-0.05, 0) is 34.1 Å². The number of nitrogens with zero attached hydrogens (tertiary/aromatic N) is 2. The number of carboxylic acid groups (broad SMARTS) is 1. The topological polar surface area (TPSA) is 185 Å². The zero-order valence-electron chi connectivity index (χ0n) is 18.1. The molecule has 3 rings (SSSR count). The monoisotopic (exact) mass is 612 g/mol. The van der Waals surface area contributed by atoms with Gasteiger partial charge in [-0.15, -0.1) is 0 Å². The third kappa shape index (κ3) is 7.63. The molecule has 0 radical (unpaired) electrons. The Morgan fingerprint density at radius 2 is 1.97 bits per heavy atom. The standard InChI is InChI=1S/C21H22Br2N6O6/c22-11-2-14(19(34)15(23)3-11)16(4-18(32)33)29-17(31)9-25-20(35)10-1-12(6-24-5-10)28-21-26-7-13(30)8-27-21/h1-3,5-6,13,16,30,34H,4,7-9H2,(H,25,35)(H,29,31)(H,32,33)(H2,26,27,28)/t16-/m0/s1. The lowest BCUT2D eigenvalue weighted by Gasteiger charge is -2.20. The number of aliphatic carboxylic acids is 1. The summed E-state index contributed by atoms with van der Waals surface area (Å²) in [5.74, 6) is -2.18. The number of phenols is 1. The van der Waals surface area contributed by atoms with Crippen LogP contribution in [0.25, 0.3) is 0 Å². The van der Waals surface area contributed by atoms with Crippen molar-refractivity contribution in [3.63, 3.8) is 0 Å². The van der Waals surface area contributed by atoms with Gasteiger partial charge in [0, 0.05) is 22.8 Å². The molecule has 0 aliphatic carbocycles. The Morgan fingerprint density at radius 1 is 1.20 bits per heavy atom. The molecule has 1 aliphatic heterocycles. The molecule has 1 aliphatic rings. The summed E-state index contributed by atoms with van der Waals surface area (Å²) < 4.78 is 0.896. The Labute approximate surface area is 216 Å². The minimum absolute atomic E-state index is 0.176. The quantitative estimate of drug-likeness (QED) is 0.229. The molecule has 1 aromatic heterocycles. The van der Waals surface area contributed by atoms with Gasteiger partial charge < -0.3 is 36.6 Å². The number of rotatable bonds is 8. The zero-order valence-corrected chi connectivity index (χ0v) is 21.3. The van der Waals surface area contributed by atoms with Gasteiger partial charge in [0.15, 0.2) is 5.96 Å². The maximum Gasteiger partial charge on any atom is 0.305 e. The highest BCUT2D eigenvalue weighted by Crippen LogP contribution is 2.36. The van der Waals surface area contributed by atoms with Gasteiger partial charge in [0.05, 0.1) is 53.6 Å². The van der Waals surface area contributed by atoms with E-state index in [4.69, 9.17) is 0 Å². The van der Waals surface area contributed by atoms with Crippen LogP contribution in [0.4, 0.5) is 5.69 Å². The first-order valence-corrected chi connectivity index (χ1v) is 11.9. The highest BCUT2D eigenvalue weighted by molar-refractivity contribution is 9.11. The molecule has 7 N–H and O–H groups in total. The molecular weight excluding hydrogens is 592 g/mol. The van der Waals surface area contributed by atoms with E-state index in [9.17, 15) is 29.7 Å². The lowest BCUT2D eigenvalue weighted by atomic mass is 10.0. The van der Waals surface area contributed by atoms with E-state index in [-0.39, 0.29) is 23.4 Å². The molecule has 2 atom stereocenters. The number of aliphatic imine (C=N–C) groups is 1. The van der Waals surface area contributed by atoms with Gasteiger partial charge in [0.2, 0.25) is 5.91 Å². The van der Waals surface area contributed by atoms with Crippen LogP contribution in [0.5, 0.6) is 5.75 Å². The molecule has 2 aromatic rings. The van der Waals surface area contributed by atoms with Crippen LogP contribution in [-0.4, -0.2) is 69.8 Å². The van der Waals surface area contributed by atoms with E-state index in [1.54, 1.807) is 6.07 Å². The molecule has 0 spiro atoms. The first-order chi connectivity index (χ1) is 16.6. The highest BCUT2D eigenvalue weighted by atomic mass is 79.9. The van der Waals surface area contributed by atoms with Gasteiger partial charge in [-0.25, -0.2) is 0 Å². The molecule has 186 valence electrons. The fraction of sp³-hybridized carbons (Fsp3) is 0.286. The number of amides is 2. The first kappa shape index (κ1) is 26.4. The minimum atomic E-state index is -1.18. The molecule has 0 bridgehead atoms. The molecular formula is C21H22Br2N6O6. The molecule has 1 unspecified atom stereocenters. The number of guanidine groups is 1. The number of aliphatic hydroxyl groups is 1. The Morgan fingerprint density at radius 3 is 2.66 bits per heavy atom. The molecule has 12 nitrogen and oxygen atoms in total. The van der Waals surface area contributed by atoms with E-state index in [2.05, 4.69) is 63.1 Å². The summed E-state index contributed by atoms with van der Waals surface area (Å²) in [6.45, 7) is 0.149. The average molecular weight is 614 g/mol. The second-order valence-corrected chi connectivity index (χ2v) is 9.31. The number of aromatic nitrogens is 1. The van der Waals surface area contributed by atoms with Crippen molar-refractivity contribution in [3.05, 3.63) is 50.7 Å². The van der Waals surface area contributed by atoms with E-state index < -0.39 is 42.9 Å². The van der Waals surface area contributed by atoms with Gasteiger partial charge >= 0.3 is 5.97 Å². The number of anilines is 1. The van der Waals surface area contributed by atoms with Crippen molar-refractivity contribution in [2.24, 2.45) is 4.99 Å². The van der Waals surface area contributed by atoms with Crippen LogP contribution in [0.1, 0.15) is 28.4 Å². The lowest BCUT2D eigenvalue weighted by molar-refractivity contribution is -0.137. The number of halogens is 2. The number of hydrogen-bond donors (Lipinski definition) is 7. The van der Waals surface area contributed by atoms with Crippen LogP contribution in [0.15, 0.2) is 44.5 Å². The fourth-order valence-electron chi connectivity index (χ4n) is 3.16. The summed E-state index contributed by atoms with van der Waals surface area (Å²) in [6.07, 6.45) is 1.76. The van der Waals surface area contributed by atoms with Crippen LogP contribution >= 0.6 is 31.9 Å². The maximum atomic E-state index is 12.5. The molecule has 2 heterocycles. The van der Waals surface area contributed by atoms with Crippen molar-refractivity contribution in [3.8, 4) is 5.75 Å². The van der Waals surface area contributed by atoms with Crippen molar-refractivity contribution in [1.82, 2.24) is 20.9 Å². The SMILES string of the molecule is O=C(O)C[C@H](NC(=O)CNC(=O)c1cncc(NC2=NCC(O)CN2)c1)c1cc(Br)cc(Br)c1O. The number of phenolic OH excluding ortho intramolecular Hbond substituents is 1. The maximum absolute atomic E-state index is 12.5. The van der Waals surface area contributed by atoms with E-state index in [1.807, 2.05) is 0 Å². The number of hydrogen-bond acceptors (Lipinski definition) is 9. The van der Waals surface area contributed by atoms with Crippen molar-refractivity contribution in [2.45, 2.75) is 18.6 Å². The number of β-amino-alcohol motifs (C(OH)–C–C–N with tert-alkyl or cyclic N) is 1. The largest absolute Gasteiger partial charge is 0.506 e. The van der Waals surface area contributed by atoms with Gasteiger partial charge in [0.1, 0.15) is 5.75 Å². The lowest BCUT2D eigenvalue weighted by Crippen LogP contribution is -2.42. The van der Waals surface area contributed by atoms with Crippen molar-refractivity contribution >= 4 is 61.3 Å². The predicted octanol–water partition coefficient (Wildman–Crippen LogP) is 1.11. The van der Waals surface area contributed by atoms with Gasteiger partial charge in [-0.1, -0.05) is 15.9 Å². The third-order valence-corrected chi connectivity index (χ3v) is 5.85. The van der Waals surface area contributed by atoms with Crippen LogP contribution in [0.2, 0.25) is 0 Å². The third-order valence-electron chi connectivity index (χ3n) is 4.78. The second kappa shape index (κ2) is 12.0. The number of benzene rings is 1. The van der Waals surface area contributed by atoms with E-state index >= 15 is 0 Å². The Hall–Kier alpha value is -3.23. The summed E-state index contributed by atoms with van der Waals surface area (Å²) in [5, 5.41) is 39.9. The Kier molecular flexibility index (Phi) is 9.01. The number of aromatic hydroxyl groups is 1. The minimum Gasteiger partial charge on any atom is -0.506 e. The van der Waals surface area contributed by atoms with Crippen molar-refractivity contribution < 1.29 is 29.7 Å². The van der Waals surface area contributed by atoms with Crippen LogP contribution < -0.4 is 21.3 Å². The van der Waals surface area contributed by atoms with Crippen molar-refractivity contribution in [1.29, 1.82) is 0 Å². The zero-order chi connectivity index (χ0) is 25.5. The fourth-order valence-corrected chi connectivity index (χ4v) is 4.42. The second-order valence-electron chi connectivity index (χ2n) is 7.54. The van der Waals surface area contributed by atoms with Gasteiger partial charge in [0.25, 0.3) is 5.91 Å². The summed E-state index contributed by atoms with van der Waals surface area (Å²) in [5.41, 5.74) is 0.847. The van der Waals surface area contributed by atoms with Crippen LogP contribution in [-0.2, 0) is 9.59 Å². The summed E-state index contributed by atoms with van der Waals surface area (Å²) >= 11 is 6.45. The van der Waals surface area contributed by atoms with E-state index in [0.29, 0.717) is 27.1 Å². The highest BCUT2D eigenvalue weighted by Gasteiger charge is 2.23. The van der Waals surface area contributed by atoms with Gasteiger partial charge in [-0.2, -0.15) is 0 Å². The first-order valence-electron chi connectivity index (χ1n) is 10.3. The van der Waals surface area contributed by atoms with Crippen LogP contribution in [0.3, 0.4) is 0 Å². The smallest absolute Gasteiger partial charge is 0.305 e. The molecule has 0 saturated carbocycles. The number of nitrogens with one attached hydrogen (secondary N) is 4. The predicted molar refractivity (Wildman–Crippen MR) is 133 cm³/mol. The average Bonchev–Trinajstić information content (AvgIpc) is 2.81. The Balaban J connectivity index is 1.62. The molecule has 0 fully saturated rings. The number of pyridine rings is 1. The Bertz CT molecular complexity index is 1160. The molecule has 1 aromatic carbocycles. The van der Waals surface area contributed by atoms with E-state index in [0.717, 1.165) is 0 Å². The van der Waals surface area contributed by atoms with Crippen LogP contribution in [0, 0.1) is 0 Å². The molecule has 2 amide bonds. The van der Waals surface area contributed by atoms with Crippen molar-refractivity contribution in [2.75, 3.05) is 25.0 Å². The summed E-state index contributed by atoms with van der Waals surface area (Å²) in [4.78, 5) is 44.5. The van der Waals surface area contributed by atoms with E-state index in [1.165, 1.54) is 24.5 Å². The summed E-state index contributed by atoms with van der Waals surface area (Å²) in [6, 6.07) is 3.56. The number of aliphatic hydroxyl groups excluding tert-OH is 1. The number of carboxylic acids is 1. The normalized spacial score (nSPS) is 15.9. The number of carbonyl (C=O) groups excluding carboxylic acids is 2. The molecule has 14 heteroatoms. The molecule has 35 heavy (non-hydrogen) atoms. The molecule has 0 saturated heterocycles. The van der Waals surface area contributed by atoms with Gasteiger partial charge in [-0.3, -0.25) is 24.4 Å². The number of carbonyl (C=O) groups is 3. The summed E-state index contributed by atoms with van der Waals surface area (Å²) in [7, 11) is 0.